The van der Waals surface area contributed by atoms with Gasteiger partial charge in [-0.05, 0) is 6.08 Å². The van der Waals surface area contributed by atoms with Gasteiger partial charge in [0.1, 0.15) is 0 Å². The normalized spacial score (nSPS) is 18.3. The van der Waals surface area contributed by atoms with E-state index in [9.17, 15) is 4.79 Å². The number of Topliss-reactive ketones (excluding diaryl/α,β-unsaturated/α-hetero) is 1. The van der Waals surface area contributed by atoms with Crippen molar-refractivity contribution in [2.24, 2.45) is 5.73 Å². The number of ketones is 1. The van der Waals surface area contributed by atoms with Crippen LogP contribution in [0.4, 0.5) is 0 Å². The van der Waals surface area contributed by atoms with Gasteiger partial charge in [0.15, 0.2) is 5.76 Å². The number of carbonyl (C=O) groups is 1. The molecule has 0 saturated heterocycles. The Hall–Kier alpha value is -0.870. The smallest absolute Gasteiger partial charge is 0.215 e. The van der Waals surface area contributed by atoms with Crippen LogP contribution >= 0.6 is 0 Å². The molecule has 1 atom stereocenters. The molecule has 1 aliphatic rings. The van der Waals surface area contributed by atoms with Crippen molar-refractivity contribution < 1.29 is 14.3 Å². The van der Waals surface area contributed by atoms with Gasteiger partial charge in [-0.15, -0.1) is 0 Å². The Kier molecular flexibility index (Phi) is 3.25. The van der Waals surface area contributed by atoms with Crippen LogP contribution in [0.2, 0.25) is 0 Å². The summed E-state index contributed by atoms with van der Waals surface area (Å²) in [6.45, 7) is 0.820. The van der Waals surface area contributed by atoms with Gasteiger partial charge < -0.3 is 15.2 Å². The Morgan fingerprint density at radius 2 is 2.67 bits per heavy atom. The zero-order chi connectivity index (χ0) is 8.97. The predicted octanol–water partition coefficient (Wildman–Crippen LogP) is -0.167. The lowest BCUT2D eigenvalue weighted by atomic mass is 10.2. The third-order valence-electron chi connectivity index (χ3n) is 1.63. The minimum Gasteiger partial charge on any atom is -0.490 e. The summed E-state index contributed by atoms with van der Waals surface area (Å²) < 4.78 is 9.81. The lowest BCUT2D eigenvalue weighted by molar-refractivity contribution is -0.120. The number of nitrogens with two attached hydrogens (primary N) is 1. The van der Waals surface area contributed by atoms with Crippen molar-refractivity contribution in [3.05, 3.63) is 11.8 Å². The van der Waals surface area contributed by atoms with Crippen molar-refractivity contribution in [3.8, 4) is 0 Å². The van der Waals surface area contributed by atoms with Crippen molar-refractivity contribution >= 4 is 5.78 Å². The molecule has 4 heteroatoms. The average molecular weight is 171 g/mol. The number of hydrogen-bond donors (Lipinski definition) is 1. The first-order chi connectivity index (χ1) is 5.75. The number of rotatable bonds is 4. The van der Waals surface area contributed by atoms with Gasteiger partial charge in [-0.3, -0.25) is 4.79 Å². The van der Waals surface area contributed by atoms with Crippen molar-refractivity contribution in [1.82, 2.24) is 0 Å². The fourth-order valence-corrected chi connectivity index (χ4v) is 1.03. The lowest BCUT2D eigenvalue weighted by Gasteiger charge is -2.09. The minimum absolute atomic E-state index is 0.172. The lowest BCUT2D eigenvalue weighted by Crippen LogP contribution is -2.35. The molecule has 0 aromatic rings. The van der Waals surface area contributed by atoms with Crippen LogP contribution < -0.4 is 5.73 Å². The summed E-state index contributed by atoms with van der Waals surface area (Å²) in [6, 6.07) is -0.598. The van der Waals surface area contributed by atoms with Crippen LogP contribution in [0.25, 0.3) is 0 Å². The van der Waals surface area contributed by atoms with E-state index >= 15 is 0 Å². The van der Waals surface area contributed by atoms with Crippen LogP contribution in [0.5, 0.6) is 0 Å². The highest BCUT2D eigenvalue weighted by molar-refractivity contribution is 5.97. The van der Waals surface area contributed by atoms with Gasteiger partial charge in [0.05, 0.1) is 19.3 Å². The third kappa shape index (κ3) is 2.06. The second kappa shape index (κ2) is 4.23. The molecule has 1 unspecified atom stereocenters. The van der Waals surface area contributed by atoms with Gasteiger partial charge in [-0.25, -0.2) is 0 Å². The van der Waals surface area contributed by atoms with Crippen LogP contribution in [-0.2, 0) is 14.3 Å². The zero-order valence-corrected chi connectivity index (χ0v) is 7.08. The monoisotopic (exact) mass is 171 g/mol. The van der Waals surface area contributed by atoms with E-state index in [-0.39, 0.29) is 12.4 Å². The summed E-state index contributed by atoms with van der Waals surface area (Å²) in [4.78, 5) is 11.3. The average Bonchev–Trinajstić information content (AvgIpc) is 2.55. The molecule has 1 heterocycles. The first-order valence-corrected chi connectivity index (χ1v) is 3.87. The van der Waals surface area contributed by atoms with Crippen LogP contribution in [0.15, 0.2) is 11.8 Å². The van der Waals surface area contributed by atoms with Crippen LogP contribution in [0, 0.1) is 0 Å². The molecular formula is C8H13NO3. The molecule has 0 bridgehead atoms. The van der Waals surface area contributed by atoms with E-state index < -0.39 is 6.04 Å². The molecule has 0 aromatic heterocycles. The first-order valence-electron chi connectivity index (χ1n) is 3.87. The second-order valence-electron chi connectivity index (χ2n) is 2.63. The van der Waals surface area contributed by atoms with Crippen molar-refractivity contribution in [2.45, 2.75) is 12.5 Å². The topological polar surface area (TPSA) is 61.5 Å². The van der Waals surface area contributed by atoms with Gasteiger partial charge >= 0.3 is 0 Å². The summed E-state index contributed by atoms with van der Waals surface area (Å²) >= 11 is 0. The Morgan fingerprint density at radius 1 is 1.92 bits per heavy atom. The Bertz CT molecular complexity index is 200. The molecule has 0 saturated carbocycles. The molecule has 0 aromatic carbocycles. The van der Waals surface area contributed by atoms with Gasteiger partial charge in [-0.1, -0.05) is 0 Å². The number of hydrogen-bond acceptors (Lipinski definition) is 4. The van der Waals surface area contributed by atoms with E-state index in [1.165, 1.54) is 7.11 Å². The molecule has 2 N–H and O–H groups in total. The fourth-order valence-electron chi connectivity index (χ4n) is 1.03. The molecule has 0 fully saturated rings. The Labute approximate surface area is 71.3 Å². The zero-order valence-electron chi connectivity index (χ0n) is 7.08. The van der Waals surface area contributed by atoms with E-state index in [1.807, 2.05) is 0 Å². The maximum absolute atomic E-state index is 11.3. The molecule has 4 nitrogen and oxygen atoms in total. The summed E-state index contributed by atoms with van der Waals surface area (Å²) in [5.41, 5.74) is 5.51. The van der Waals surface area contributed by atoms with E-state index in [1.54, 1.807) is 6.08 Å². The Balaban J connectivity index is 2.45. The molecule has 12 heavy (non-hydrogen) atoms. The molecule has 0 amide bonds. The summed E-state index contributed by atoms with van der Waals surface area (Å²) in [6.07, 6.45) is 2.55. The van der Waals surface area contributed by atoms with Crippen LogP contribution in [-0.4, -0.2) is 32.1 Å². The van der Waals surface area contributed by atoms with Crippen LogP contribution in [0.1, 0.15) is 6.42 Å². The predicted molar refractivity (Wildman–Crippen MR) is 43.5 cm³/mol. The van der Waals surface area contributed by atoms with Crippen molar-refractivity contribution in [2.75, 3.05) is 20.3 Å². The molecule has 0 spiro atoms. The highest BCUT2D eigenvalue weighted by Crippen LogP contribution is 2.11. The summed E-state index contributed by atoms with van der Waals surface area (Å²) in [5.74, 6) is 0.217. The fraction of sp³-hybridized carbons (Fsp3) is 0.625. The molecule has 0 radical (unpaired) electrons. The number of methoxy groups -OCH3 is 1. The standard InChI is InChI=1S/C8H13NO3/c1-11-5-6(9)8(10)7-3-2-4-12-7/h3,6H,2,4-5,9H2,1H3. The quantitative estimate of drug-likeness (QED) is 0.638. The second-order valence-corrected chi connectivity index (χ2v) is 2.63. The van der Waals surface area contributed by atoms with Crippen LogP contribution in [0.3, 0.4) is 0 Å². The highest BCUT2D eigenvalue weighted by Gasteiger charge is 2.21. The molecule has 1 aliphatic heterocycles. The van der Waals surface area contributed by atoms with E-state index in [4.69, 9.17) is 15.2 Å². The molecule has 1 rings (SSSR count). The molecule has 0 aliphatic carbocycles. The minimum atomic E-state index is -0.598. The van der Waals surface area contributed by atoms with Crippen molar-refractivity contribution in [3.63, 3.8) is 0 Å². The number of carbonyl (C=O) groups excluding carboxylic acids is 1. The largest absolute Gasteiger partial charge is 0.490 e. The van der Waals surface area contributed by atoms with Gasteiger partial charge in [0.2, 0.25) is 5.78 Å². The maximum Gasteiger partial charge on any atom is 0.215 e. The highest BCUT2D eigenvalue weighted by atomic mass is 16.5. The summed E-state index contributed by atoms with van der Waals surface area (Å²) in [7, 11) is 1.51. The van der Waals surface area contributed by atoms with Gasteiger partial charge in [0.25, 0.3) is 0 Å². The Morgan fingerprint density at radius 3 is 3.17 bits per heavy atom. The van der Waals surface area contributed by atoms with E-state index in [0.29, 0.717) is 12.4 Å². The third-order valence-corrected chi connectivity index (χ3v) is 1.63. The molecular weight excluding hydrogens is 158 g/mol. The van der Waals surface area contributed by atoms with Gasteiger partial charge in [-0.2, -0.15) is 0 Å². The van der Waals surface area contributed by atoms with E-state index in [2.05, 4.69) is 0 Å². The SMILES string of the molecule is COCC(N)C(=O)C1=CCCO1. The van der Waals surface area contributed by atoms with Crippen molar-refractivity contribution in [1.29, 1.82) is 0 Å². The summed E-state index contributed by atoms with van der Waals surface area (Å²) in [5, 5.41) is 0. The molecule has 68 valence electrons. The maximum atomic E-state index is 11.3. The van der Waals surface area contributed by atoms with Gasteiger partial charge in [0, 0.05) is 13.5 Å². The number of ether oxygens (including phenoxy) is 2. The first kappa shape index (κ1) is 9.22. The van der Waals surface area contributed by atoms with E-state index in [0.717, 1.165) is 6.42 Å².